The number of amides is 1. The number of carbonyl (C=O) groups excluding carboxylic acids is 1. The van der Waals surface area contributed by atoms with Gasteiger partial charge >= 0.3 is 0 Å². The second-order valence-corrected chi connectivity index (χ2v) is 5.44. The van der Waals surface area contributed by atoms with Crippen LogP contribution < -0.4 is 5.32 Å². The molecule has 0 spiro atoms. The molecule has 0 bridgehead atoms. The van der Waals surface area contributed by atoms with Gasteiger partial charge in [0.25, 0.3) is 0 Å². The van der Waals surface area contributed by atoms with Gasteiger partial charge in [-0.05, 0) is 45.7 Å². The van der Waals surface area contributed by atoms with Gasteiger partial charge in [-0.15, -0.1) is 12.4 Å². The zero-order chi connectivity index (χ0) is 12.3. The van der Waals surface area contributed by atoms with Crippen molar-refractivity contribution in [1.29, 1.82) is 0 Å². The largest absolute Gasteiger partial charge is 0.375 e. The lowest BCUT2D eigenvalue weighted by molar-refractivity contribution is -0.143. The summed E-state index contributed by atoms with van der Waals surface area (Å²) in [6.45, 7) is 7.74. The Bertz CT molecular complexity index is 270. The van der Waals surface area contributed by atoms with Crippen LogP contribution in [-0.4, -0.2) is 49.2 Å². The molecule has 0 aliphatic carbocycles. The van der Waals surface area contributed by atoms with Crippen LogP contribution in [0.4, 0.5) is 0 Å². The molecule has 1 amide bonds. The van der Waals surface area contributed by atoms with Crippen LogP contribution in [0, 0.1) is 5.92 Å². The van der Waals surface area contributed by atoms with Crippen molar-refractivity contribution in [2.75, 3.05) is 26.2 Å². The first-order valence-corrected chi connectivity index (χ1v) is 6.78. The molecule has 4 nitrogen and oxygen atoms in total. The number of ether oxygens (including phenoxy) is 1. The smallest absolute Gasteiger partial charge is 0.222 e. The van der Waals surface area contributed by atoms with Gasteiger partial charge in [0.05, 0.1) is 18.8 Å². The Balaban J connectivity index is 0.00000162. The summed E-state index contributed by atoms with van der Waals surface area (Å²) >= 11 is 0. The van der Waals surface area contributed by atoms with Gasteiger partial charge in [-0.1, -0.05) is 0 Å². The van der Waals surface area contributed by atoms with E-state index in [0.29, 0.717) is 24.9 Å². The van der Waals surface area contributed by atoms with Crippen LogP contribution in [0.5, 0.6) is 0 Å². The van der Waals surface area contributed by atoms with Gasteiger partial charge < -0.3 is 15.0 Å². The van der Waals surface area contributed by atoms with E-state index >= 15 is 0 Å². The first kappa shape index (κ1) is 15.7. The van der Waals surface area contributed by atoms with Crippen molar-refractivity contribution in [3.05, 3.63) is 0 Å². The molecular weight excluding hydrogens is 252 g/mol. The lowest BCUT2D eigenvalue weighted by atomic mass is 10.0. The van der Waals surface area contributed by atoms with Crippen molar-refractivity contribution in [2.24, 2.45) is 5.92 Å². The fraction of sp³-hybridized carbons (Fsp3) is 0.923. The Kier molecular flexibility index (Phi) is 6.39. The standard InChI is InChI=1S/C13H24N2O2.ClH/c1-10-9-17-11(2)8-15(10)13(16)4-3-12-5-6-14-7-12;/h10-12,14H,3-9H2,1-2H3;1H. The number of hydrogen-bond acceptors (Lipinski definition) is 3. The number of carbonyl (C=O) groups is 1. The molecule has 0 aromatic heterocycles. The number of halogens is 1. The fourth-order valence-corrected chi connectivity index (χ4v) is 2.68. The third-order valence-corrected chi connectivity index (χ3v) is 3.86. The van der Waals surface area contributed by atoms with Crippen LogP contribution >= 0.6 is 12.4 Å². The third kappa shape index (κ3) is 4.11. The Hall–Kier alpha value is -0.320. The molecule has 2 saturated heterocycles. The van der Waals surface area contributed by atoms with Crippen LogP contribution in [0.2, 0.25) is 0 Å². The van der Waals surface area contributed by atoms with Gasteiger partial charge in [0.15, 0.2) is 0 Å². The summed E-state index contributed by atoms with van der Waals surface area (Å²) in [5, 5.41) is 3.35. The summed E-state index contributed by atoms with van der Waals surface area (Å²) in [5.74, 6) is 1.01. The van der Waals surface area contributed by atoms with Crippen molar-refractivity contribution in [3.8, 4) is 0 Å². The molecule has 5 heteroatoms. The molecule has 2 aliphatic rings. The van der Waals surface area contributed by atoms with Gasteiger partial charge in [0.1, 0.15) is 0 Å². The summed E-state index contributed by atoms with van der Waals surface area (Å²) in [6, 6.07) is 0.236. The van der Waals surface area contributed by atoms with Gasteiger partial charge in [-0.25, -0.2) is 0 Å². The molecule has 2 rings (SSSR count). The maximum atomic E-state index is 12.2. The molecule has 2 fully saturated rings. The molecule has 0 aromatic rings. The van der Waals surface area contributed by atoms with Crippen LogP contribution in [0.15, 0.2) is 0 Å². The third-order valence-electron chi connectivity index (χ3n) is 3.86. The fourth-order valence-electron chi connectivity index (χ4n) is 2.68. The van der Waals surface area contributed by atoms with Crippen LogP contribution in [0.25, 0.3) is 0 Å². The molecular formula is C13H25ClN2O2. The van der Waals surface area contributed by atoms with E-state index in [1.165, 1.54) is 6.42 Å². The topological polar surface area (TPSA) is 41.6 Å². The average Bonchev–Trinajstić information content (AvgIpc) is 2.82. The second-order valence-electron chi connectivity index (χ2n) is 5.44. The molecule has 0 radical (unpaired) electrons. The molecule has 3 atom stereocenters. The molecule has 2 heterocycles. The van der Waals surface area contributed by atoms with E-state index in [1.807, 2.05) is 11.8 Å². The van der Waals surface area contributed by atoms with Gasteiger partial charge in [0, 0.05) is 13.0 Å². The molecule has 18 heavy (non-hydrogen) atoms. The van der Waals surface area contributed by atoms with Crippen molar-refractivity contribution >= 4 is 18.3 Å². The monoisotopic (exact) mass is 276 g/mol. The first-order valence-electron chi connectivity index (χ1n) is 6.78. The van der Waals surface area contributed by atoms with E-state index in [2.05, 4.69) is 12.2 Å². The lowest BCUT2D eigenvalue weighted by Crippen LogP contribution is -2.50. The summed E-state index contributed by atoms with van der Waals surface area (Å²) in [7, 11) is 0. The van der Waals surface area contributed by atoms with E-state index < -0.39 is 0 Å². The molecule has 0 saturated carbocycles. The molecule has 1 N–H and O–H groups in total. The van der Waals surface area contributed by atoms with E-state index in [0.717, 1.165) is 26.1 Å². The Morgan fingerprint density at radius 3 is 2.89 bits per heavy atom. The highest BCUT2D eigenvalue weighted by Gasteiger charge is 2.27. The van der Waals surface area contributed by atoms with Crippen LogP contribution in [0.3, 0.4) is 0 Å². The Morgan fingerprint density at radius 2 is 2.22 bits per heavy atom. The molecule has 106 valence electrons. The highest BCUT2D eigenvalue weighted by atomic mass is 35.5. The van der Waals surface area contributed by atoms with Crippen molar-refractivity contribution < 1.29 is 9.53 Å². The highest BCUT2D eigenvalue weighted by molar-refractivity contribution is 5.85. The number of rotatable bonds is 3. The van der Waals surface area contributed by atoms with Crippen LogP contribution in [0.1, 0.15) is 33.1 Å². The zero-order valence-corrected chi connectivity index (χ0v) is 12.2. The van der Waals surface area contributed by atoms with Crippen molar-refractivity contribution in [1.82, 2.24) is 10.2 Å². The zero-order valence-electron chi connectivity index (χ0n) is 11.4. The van der Waals surface area contributed by atoms with Crippen molar-refractivity contribution in [2.45, 2.75) is 45.3 Å². The summed E-state index contributed by atoms with van der Waals surface area (Å²) in [5.41, 5.74) is 0. The first-order chi connectivity index (χ1) is 8.16. The lowest BCUT2D eigenvalue weighted by Gasteiger charge is -2.37. The van der Waals surface area contributed by atoms with E-state index in [-0.39, 0.29) is 24.6 Å². The normalized spacial score (nSPS) is 32.1. The summed E-state index contributed by atoms with van der Waals surface area (Å²) in [4.78, 5) is 14.2. The predicted molar refractivity (Wildman–Crippen MR) is 74.0 cm³/mol. The maximum absolute atomic E-state index is 12.2. The van der Waals surface area contributed by atoms with Crippen LogP contribution in [-0.2, 0) is 9.53 Å². The Labute approximate surface area is 116 Å². The number of hydrogen-bond donors (Lipinski definition) is 1. The van der Waals surface area contributed by atoms with Gasteiger partial charge in [0.2, 0.25) is 5.91 Å². The van der Waals surface area contributed by atoms with Gasteiger partial charge in [-0.3, -0.25) is 4.79 Å². The van der Waals surface area contributed by atoms with Crippen molar-refractivity contribution in [3.63, 3.8) is 0 Å². The minimum Gasteiger partial charge on any atom is -0.375 e. The summed E-state index contributed by atoms with van der Waals surface area (Å²) in [6.07, 6.45) is 3.14. The number of nitrogens with one attached hydrogen (secondary N) is 1. The number of morpholine rings is 1. The minimum atomic E-state index is 0. The maximum Gasteiger partial charge on any atom is 0.222 e. The predicted octanol–water partition coefficient (Wildman–Crippen LogP) is 1.43. The number of nitrogens with zero attached hydrogens (tertiary/aromatic N) is 1. The van der Waals surface area contributed by atoms with E-state index in [1.54, 1.807) is 0 Å². The Morgan fingerprint density at radius 1 is 1.44 bits per heavy atom. The second kappa shape index (κ2) is 7.31. The molecule has 3 unspecified atom stereocenters. The SMILES string of the molecule is CC1CN(C(=O)CCC2CCNC2)C(C)CO1.Cl. The van der Waals surface area contributed by atoms with E-state index in [9.17, 15) is 4.79 Å². The summed E-state index contributed by atoms with van der Waals surface area (Å²) < 4.78 is 5.54. The highest BCUT2D eigenvalue weighted by Crippen LogP contribution is 2.18. The minimum absolute atomic E-state index is 0. The molecule has 2 aliphatic heterocycles. The average molecular weight is 277 g/mol. The van der Waals surface area contributed by atoms with Gasteiger partial charge in [-0.2, -0.15) is 0 Å². The van der Waals surface area contributed by atoms with E-state index in [4.69, 9.17) is 4.74 Å². The quantitative estimate of drug-likeness (QED) is 0.848. The molecule has 0 aromatic carbocycles.